The number of aryl methyl sites for hydroxylation is 2. The van der Waals surface area contributed by atoms with E-state index < -0.39 is 0 Å². The van der Waals surface area contributed by atoms with Gasteiger partial charge < -0.3 is 5.32 Å². The van der Waals surface area contributed by atoms with Crippen molar-refractivity contribution in [3.05, 3.63) is 57.8 Å². The minimum Gasteiger partial charge on any atom is -0.345 e. The van der Waals surface area contributed by atoms with Crippen LogP contribution in [0.1, 0.15) is 35.2 Å². The van der Waals surface area contributed by atoms with E-state index in [0.29, 0.717) is 13.1 Å². The fourth-order valence-corrected chi connectivity index (χ4v) is 1.90. The average Bonchev–Trinajstić information content (AvgIpc) is 2.47. The summed E-state index contributed by atoms with van der Waals surface area (Å²) < 4.78 is 1.31. The standard InChI is InChI=1S/C15H18N4O2/c1-3-9-19-14(20)8-7-13(18-19)15(21)16-10-12-6-4-5-11(2)17-12/h4-8H,3,9-10H2,1-2H3,(H,16,21). The second kappa shape index (κ2) is 6.78. The van der Waals surface area contributed by atoms with Gasteiger partial charge in [0.25, 0.3) is 11.5 Å². The Balaban J connectivity index is 2.06. The maximum Gasteiger partial charge on any atom is 0.272 e. The van der Waals surface area contributed by atoms with Crippen molar-refractivity contribution >= 4 is 5.91 Å². The van der Waals surface area contributed by atoms with Crippen LogP contribution in [0.3, 0.4) is 0 Å². The Kier molecular flexibility index (Phi) is 4.81. The first-order valence-corrected chi connectivity index (χ1v) is 6.89. The minimum absolute atomic E-state index is 0.200. The Bertz CT molecular complexity index is 694. The molecule has 0 aliphatic heterocycles. The molecule has 0 aliphatic carbocycles. The first kappa shape index (κ1) is 14.9. The lowest BCUT2D eigenvalue weighted by atomic mass is 10.3. The number of carbonyl (C=O) groups excluding carboxylic acids is 1. The Morgan fingerprint density at radius 2 is 2.10 bits per heavy atom. The molecule has 0 radical (unpaired) electrons. The van der Waals surface area contributed by atoms with E-state index in [0.717, 1.165) is 17.8 Å². The fourth-order valence-electron chi connectivity index (χ4n) is 1.90. The van der Waals surface area contributed by atoms with Crippen molar-refractivity contribution in [3.63, 3.8) is 0 Å². The largest absolute Gasteiger partial charge is 0.345 e. The predicted octanol–water partition coefficient (Wildman–Crippen LogP) is 1.29. The Labute approximate surface area is 122 Å². The topological polar surface area (TPSA) is 76.9 Å². The van der Waals surface area contributed by atoms with E-state index in [1.807, 2.05) is 32.0 Å². The van der Waals surface area contributed by atoms with Crippen LogP contribution in [0.2, 0.25) is 0 Å². The van der Waals surface area contributed by atoms with Gasteiger partial charge in [0.05, 0.1) is 12.2 Å². The zero-order valence-electron chi connectivity index (χ0n) is 12.2. The van der Waals surface area contributed by atoms with Crippen LogP contribution >= 0.6 is 0 Å². The van der Waals surface area contributed by atoms with Gasteiger partial charge in [-0.25, -0.2) is 4.68 Å². The lowest BCUT2D eigenvalue weighted by Crippen LogP contribution is -2.29. The summed E-state index contributed by atoms with van der Waals surface area (Å²) in [7, 11) is 0. The molecule has 0 unspecified atom stereocenters. The molecule has 0 bridgehead atoms. The molecule has 6 heteroatoms. The molecule has 0 atom stereocenters. The minimum atomic E-state index is -0.317. The Hall–Kier alpha value is -2.50. The lowest BCUT2D eigenvalue weighted by molar-refractivity contribution is 0.0942. The first-order chi connectivity index (χ1) is 10.1. The highest BCUT2D eigenvalue weighted by Crippen LogP contribution is 1.99. The van der Waals surface area contributed by atoms with Gasteiger partial charge >= 0.3 is 0 Å². The van der Waals surface area contributed by atoms with E-state index in [-0.39, 0.29) is 17.2 Å². The van der Waals surface area contributed by atoms with Crippen molar-refractivity contribution < 1.29 is 4.79 Å². The van der Waals surface area contributed by atoms with Gasteiger partial charge in [-0.1, -0.05) is 13.0 Å². The molecule has 6 nitrogen and oxygen atoms in total. The number of pyridine rings is 1. The normalized spacial score (nSPS) is 10.4. The maximum absolute atomic E-state index is 12.1. The third-order valence-corrected chi connectivity index (χ3v) is 2.91. The molecule has 0 saturated carbocycles. The maximum atomic E-state index is 12.1. The molecule has 0 aliphatic rings. The van der Waals surface area contributed by atoms with Gasteiger partial charge in [0.2, 0.25) is 0 Å². The number of hydrogen-bond donors (Lipinski definition) is 1. The highest BCUT2D eigenvalue weighted by Gasteiger charge is 2.09. The average molecular weight is 286 g/mol. The summed E-state index contributed by atoms with van der Waals surface area (Å²) in [6.07, 6.45) is 0.783. The number of hydrogen-bond acceptors (Lipinski definition) is 4. The van der Waals surface area contributed by atoms with Crippen molar-refractivity contribution in [2.24, 2.45) is 0 Å². The van der Waals surface area contributed by atoms with Crippen LogP contribution in [0.25, 0.3) is 0 Å². The number of aromatic nitrogens is 3. The molecule has 2 aromatic rings. The third-order valence-electron chi connectivity index (χ3n) is 2.91. The second-order valence-electron chi connectivity index (χ2n) is 4.73. The zero-order valence-corrected chi connectivity index (χ0v) is 12.2. The van der Waals surface area contributed by atoms with Crippen LogP contribution in [0, 0.1) is 6.92 Å². The van der Waals surface area contributed by atoms with Gasteiger partial charge in [0.15, 0.2) is 0 Å². The predicted molar refractivity (Wildman–Crippen MR) is 78.9 cm³/mol. The van der Waals surface area contributed by atoms with Crippen LogP contribution < -0.4 is 10.9 Å². The molecule has 1 amide bonds. The molecule has 2 aromatic heterocycles. The van der Waals surface area contributed by atoms with Gasteiger partial charge in [-0.15, -0.1) is 0 Å². The number of nitrogens with one attached hydrogen (secondary N) is 1. The highest BCUT2D eigenvalue weighted by molar-refractivity contribution is 5.91. The van der Waals surface area contributed by atoms with E-state index >= 15 is 0 Å². The number of nitrogens with zero attached hydrogens (tertiary/aromatic N) is 3. The van der Waals surface area contributed by atoms with Crippen LogP contribution in [-0.4, -0.2) is 20.7 Å². The number of carbonyl (C=O) groups is 1. The summed E-state index contributed by atoms with van der Waals surface area (Å²) >= 11 is 0. The lowest BCUT2D eigenvalue weighted by Gasteiger charge is -2.07. The molecule has 1 N–H and O–H groups in total. The van der Waals surface area contributed by atoms with Crippen molar-refractivity contribution in [3.8, 4) is 0 Å². The van der Waals surface area contributed by atoms with Crippen LogP contribution in [0.4, 0.5) is 0 Å². The van der Waals surface area contributed by atoms with Crippen molar-refractivity contribution in [2.75, 3.05) is 0 Å². The summed E-state index contributed by atoms with van der Waals surface area (Å²) in [6.45, 7) is 4.67. The molecule has 2 rings (SSSR count). The summed E-state index contributed by atoms with van der Waals surface area (Å²) in [5.74, 6) is -0.317. The van der Waals surface area contributed by atoms with E-state index in [2.05, 4.69) is 15.4 Å². The summed E-state index contributed by atoms with van der Waals surface area (Å²) in [5, 5.41) is 6.82. The molecule has 0 aromatic carbocycles. The highest BCUT2D eigenvalue weighted by atomic mass is 16.2. The van der Waals surface area contributed by atoms with Crippen molar-refractivity contribution in [1.82, 2.24) is 20.1 Å². The first-order valence-electron chi connectivity index (χ1n) is 6.89. The molecular weight excluding hydrogens is 268 g/mol. The molecule has 110 valence electrons. The molecule has 0 spiro atoms. The van der Waals surface area contributed by atoms with Gasteiger partial charge in [0.1, 0.15) is 5.69 Å². The molecule has 0 saturated heterocycles. The summed E-state index contributed by atoms with van der Waals surface area (Å²) in [4.78, 5) is 27.9. The summed E-state index contributed by atoms with van der Waals surface area (Å²) in [5.41, 5.74) is 1.71. The quantitative estimate of drug-likeness (QED) is 0.898. The van der Waals surface area contributed by atoms with Gasteiger partial charge in [-0.3, -0.25) is 14.6 Å². The van der Waals surface area contributed by atoms with Crippen molar-refractivity contribution in [1.29, 1.82) is 0 Å². The van der Waals surface area contributed by atoms with Gasteiger partial charge in [0, 0.05) is 18.3 Å². The molecule has 2 heterocycles. The zero-order chi connectivity index (χ0) is 15.2. The SMILES string of the molecule is CCCn1nc(C(=O)NCc2cccc(C)n2)ccc1=O. The molecular formula is C15H18N4O2. The van der Waals surface area contributed by atoms with Gasteiger partial charge in [-0.05, 0) is 31.5 Å². The van der Waals surface area contributed by atoms with E-state index in [9.17, 15) is 9.59 Å². The number of amides is 1. The van der Waals surface area contributed by atoms with Crippen LogP contribution in [0.15, 0.2) is 35.1 Å². The van der Waals surface area contributed by atoms with E-state index in [1.165, 1.54) is 16.8 Å². The van der Waals surface area contributed by atoms with Gasteiger partial charge in [-0.2, -0.15) is 5.10 Å². The van der Waals surface area contributed by atoms with Crippen LogP contribution in [-0.2, 0) is 13.1 Å². The van der Waals surface area contributed by atoms with Crippen LogP contribution in [0.5, 0.6) is 0 Å². The summed E-state index contributed by atoms with van der Waals surface area (Å²) in [6, 6.07) is 8.44. The Morgan fingerprint density at radius 3 is 2.81 bits per heavy atom. The Morgan fingerprint density at radius 1 is 1.29 bits per heavy atom. The van der Waals surface area contributed by atoms with E-state index in [1.54, 1.807) is 0 Å². The fraction of sp³-hybridized carbons (Fsp3) is 0.333. The number of rotatable bonds is 5. The third kappa shape index (κ3) is 3.98. The molecule has 21 heavy (non-hydrogen) atoms. The second-order valence-corrected chi connectivity index (χ2v) is 4.73. The smallest absolute Gasteiger partial charge is 0.272 e. The monoisotopic (exact) mass is 286 g/mol. The van der Waals surface area contributed by atoms with E-state index in [4.69, 9.17) is 0 Å². The van der Waals surface area contributed by atoms with Crippen molar-refractivity contribution in [2.45, 2.75) is 33.4 Å². The molecule has 0 fully saturated rings.